The quantitative estimate of drug-likeness (QED) is 0.570. The molecule has 3 amide bonds. The number of anilines is 2. The van der Waals surface area contributed by atoms with Crippen LogP contribution in [0.1, 0.15) is 31.4 Å². The number of aryl methyl sites for hydroxylation is 2. The molecule has 1 spiro atoms. The number of aliphatic hydroxyl groups excluding tert-OH is 1. The molecule has 2 aromatic carbocycles. The van der Waals surface area contributed by atoms with Gasteiger partial charge in [0.25, 0.3) is 5.91 Å². The van der Waals surface area contributed by atoms with Gasteiger partial charge in [0.15, 0.2) is 0 Å². The minimum absolute atomic E-state index is 0.215. The average Bonchev–Trinajstić information content (AvgIpc) is 3.23. The molecule has 0 aliphatic carbocycles. The Morgan fingerprint density at radius 3 is 2.34 bits per heavy atom. The Morgan fingerprint density at radius 1 is 0.927 bits per heavy atom. The summed E-state index contributed by atoms with van der Waals surface area (Å²) >= 11 is 0. The van der Waals surface area contributed by atoms with Gasteiger partial charge in [0.05, 0.1) is 30.1 Å². The van der Waals surface area contributed by atoms with Crippen LogP contribution in [0.2, 0.25) is 0 Å². The molecule has 4 aliphatic rings. The van der Waals surface area contributed by atoms with E-state index in [1.807, 2.05) is 101 Å². The third kappa shape index (κ3) is 3.99. The lowest BCUT2D eigenvalue weighted by molar-refractivity contribution is -0.148. The first kappa shape index (κ1) is 27.4. The number of nitrogens with zero attached hydrogens (tertiary/aromatic N) is 3. The van der Waals surface area contributed by atoms with Crippen molar-refractivity contribution in [3.8, 4) is 0 Å². The molecule has 4 heterocycles. The Bertz CT molecular complexity index is 1450. The summed E-state index contributed by atoms with van der Waals surface area (Å²) in [5.41, 5.74) is 0.990. The molecule has 8 nitrogen and oxygen atoms in total. The molecule has 0 aromatic heterocycles. The summed E-state index contributed by atoms with van der Waals surface area (Å²) in [5, 5.41) is 10.4. The van der Waals surface area contributed by atoms with E-state index in [-0.39, 0.29) is 24.3 Å². The van der Waals surface area contributed by atoms with Crippen LogP contribution in [0.25, 0.3) is 0 Å². The number of carbonyl (C=O) groups is 3. The van der Waals surface area contributed by atoms with Gasteiger partial charge in [0.1, 0.15) is 11.6 Å². The molecule has 41 heavy (non-hydrogen) atoms. The number of ether oxygens (including phenoxy) is 1. The predicted octanol–water partition coefficient (Wildman–Crippen LogP) is 3.55. The molecule has 0 bridgehead atoms. The van der Waals surface area contributed by atoms with Gasteiger partial charge < -0.3 is 24.5 Å². The normalized spacial score (nSPS) is 31.6. The van der Waals surface area contributed by atoms with Gasteiger partial charge in [-0.3, -0.25) is 14.4 Å². The van der Waals surface area contributed by atoms with Crippen LogP contribution in [-0.4, -0.2) is 70.7 Å². The summed E-state index contributed by atoms with van der Waals surface area (Å²) < 4.78 is 6.92. The standard InChI is InChI=1S/C33H37N3O5/c1-5-23(20-37)36-28-31(40)35(25-19-21(2)13-14-22(25)3)18-10-16-33(28)27(30(36)39)26-29(38)34(24-11-7-6-8-12-24)17-9-15-32(26,4)41-33/h6-16,19,23,26-28,37H,5,17-18,20H2,1-4H3/t23-,26+,27-,28?,32-,33-/m0/s1. The largest absolute Gasteiger partial charge is 0.394 e. The zero-order valence-corrected chi connectivity index (χ0v) is 24.0. The van der Waals surface area contributed by atoms with E-state index in [4.69, 9.17) is 4.74 Å². The number of amides is 3. The molecule has 0 saturated carbocycles. The number of fused-ring (bicyclic) bond motifs is 2. The van der Waals surface area contributed by atoms with E-state index in [1.54, 1.807) is 9.80 Å². The second-order valence-corrected chi connectivity index (χ2v) is 11.8. The van der Waals surface area contributed by atoms with E-state index in [0.29, 0.717) is 19.5 Å². The van der Waals surface area contributed by atoms with Crippen molar-refractivity contribution in [2.24, 2.45) is 11.8 Å². The zero-order chi connectivity index (χ0) is 29.1. The van der Waals surface area contributed by atoms with Crippen molar-refractivity contribution in [1.29, 1.82) is 0 Å². The number of para-hydroxylation sites is 1. The third-order valence-electron chi connectivity index (χ3n) is 9.29. The second kappa shape index (κ2) is 9.96. The highest BCUT2D eigenvalue weighted by Crippen LogP contribution is 2.58. The monoisotopic (exact) mass is 555 g/mol. The molecular formula is C33H37N3O5. The topological polar surface area (TPSA) is 90.4 Å². The number of rotatable bonds is 5. The highest BCUT2D eigenvalue weighted by molar-refractivity contribution is 6.08. The summed E-state index contributed by atoms with van der Waals surface area (Å²) in [6.45, 7) is 8.02. The Kier molecular flexibility index (Phi) is 6.66. The fourth-order valence-corrected chi connectivity index (χ4v) is 7.33. The molecule has 2 fully saturated rings. The molecule has 214 valence electrons. The molecule has 2 saturated heterocycles. The number of hydrogen-bond acceptors (Lipinski definition) is 5. The molecular weight excluding hydrogens is 518 g/mol. The van der Waals surface area contributed by atoms with E-state index in [9.17, 15) is 19.5 Å². The van der Waals surface area contributed by atoms with Gasteiger partial charge in [0, 0.05) is 24.5 Å². The van der Waals surface area contributed by atoms with E-state index in [1.165, 1.54) is 4.90 Å². The van der Waals surface area contributed by atoms with Crippen molar-refractivity contribution >= 4 is 29.1 Å². The molecule has 8 heteroatoms. The lowest BCUT2D eigenvalue weighted by atomic mass is 9.74. The summed E-state index contributed by atoms with van der Waals surface area (Å²) in [6.07, 6.45) is 7.98. The van der Waals surface area contributed by atoms with Crippen molar-refractivity contribution in [3.05, 3.63) is 84.0 Å². The molecule has 2 aromatic rings. The predicted molar refractivity (Wildman–Crippen MR) is 156 cm³/mol. The van der Waals surface area contributed by atoms with Crippen LogP contribution in [0.3, 0.4) is 0 Å². The molecule has 0 radical (unpaired) electrons. The molecule has 1 unspecified atom stereocenters. The minimum Gasteiger partial charge on any atom is -0.394 e. The average molecular weight is 556 g/mol. The highest BCUT2D eigenvalue weighted by Gasteiger charge is 2.75. The number of aliphatic hydroxyl groups is 1. The zero-order valence-electron chi connectivity index (χ0n) is 24.0. The number of benzene rings is 2. The number of hydrogen-bond donors (Lipinski definition) is 1. The maximum Gasteiger partial charge on any atom is 0.253 e. The van der Waals surface area contributed by atoms with Gasteiger partial charge >= 0.3 is 0 Å². The van der Waals surface area contributed by atoms with Crippen LogP contribution in [0.15, 0.2) is 72.8 Å². The molecule has 1 N–H and O–H groups in total. The van der Waals surface area contributed by atoms with Crippen LogP contribution in [0, 0.1) is 25.7 Å². The Labute approximate surface area is 240 Å². The third-order valence-corrected chi connectivity index (χ3v) is 9.29. The van der Waals surface area contributed by atoms with Gasteiger partial charge in [-0.2, -0.15) is 0 Å². The van der Waals surface area contributed by atoms with Crippen LogP contribution in [-0.2, 0) is 19.1 Å². The highest BCUT2D eigenvalue weighted by atomic mass is 16.5. The number of carbonyl (C=O) groups excluding carboxylic acids is 3. The van der Waals surface area contributed by atoms with Crippen LogP contribution in [0.5, 0.6) is 0 Å². The van der Waals surface area contributed by atoms with Crippen molar-refractivity contribution in [1.82, 2.24) is 4.90 Å². The van der Waals surface area contributed by atoms with E-state index in [2.05, 4.69) is 0 Å². The maximum atomic E-state index is 14.7. The Morgan fingerprint density at radius 2 is 1.63 bits per heavy atom. The van der Waals surface area contributed by atoms with Crippen molar-refractivity contribution in [2.45, 2.75) is 57.4 Å². The Hall–Kier alpha value is -3.75. The summed E-state index contributed by atoms with van der Waals surface area (Å²) in [5.74, 6) is -2.61. The summed E-state index contributed by atoms with van der Waals surface area (Å²) in [4.78, 5) is 48.6. The maximum absolute atomic E-state index is 14.7. The van der Waals surface area contributed by atoms with Crippen molar-refractivity contribution < 1.29 is 24.2 Å². The fourth-order valence-electron chi connectivity index (χ4n) is 7.33. The van der Waals surface area contributed by atoms with Gasteiger partial charge in [-0.25, -0.2) is 0 Å². The summed E-state index contributed by atoms with van der Waals surface area (Å²) in [7, 11) is 0. The van der Waals surface area contributed by atoms with Gasteiger partial charge in [0.2, 0.25) is 11.8 Å². The van der Waals surface area contributed by atoms with Gasteiger partial charge in [-0.1, -0.05) is 61.6 Å². The van der Waals surface area contributed by atoms with Crippen LogP contribution in [0.4, 0.5) is 11.4 Å². The van der Waals surface area contributed by atoms with Crippen LogP contribution >= 0.6 is 0 Å². The van der Waals surface area contributed by atoms with E-state index >= 15 is 0 Å². The molecule has 6 rings (SSSR count). The van der Waals surface area contributed by atoms with E-state index in [0.717, 1.165) is 22.5 Å². The minimum atomic E-state index is -1.37. The summed E-state index contributed by atoms with van der Waals surface area (Å²) in [6, 6.07) is 13.7. The fraction of sp³-hybridized carbons (Fsp3) is 0.424. The first-order chi connectivity index (χ1) is 19.7. The second-order valence-electron chi connectivity index (χ2n) is 11.8. The lowest BCUT2D eigenvalue weighted by Crippen LogP contribution is -2.58. The molecule has 6 atom stereocenters. The lowest BCUT2D eigenvalue weighted by Gasteiger charge is -2.40. The first-order valence-electron chi connectivity index (χ1n) is 14.4. The molecule has 4 aliphatic heterocycles. The number of likely N-dealkylation sites (tertiary alicyclic amines) is 1. The van der Waals surface area contributed by atoms with Crippen molar-refractivity contribution in [3.63, 3.8) is 0 Å². The van der Waals surface area contributed by atoms with Crippen molar-refractivity contribution in [2.75, 3.05) is 29.5 Å². The Balaban J connectivity index is 1.51. The van der Waals surface area contributed by atoms with Gasteiger partial charge in [-0.15, -0.1) is 0 Å². The van der Waals surface area contributed by atoms with E-state index < -0.39 is 35.1 Å². The van der Waals surface area contributed by atoms with Gasteiger partial charge in [-0.05, 0) is 56.5 Å². The van der Waals surface area contributed by atoms with Crippen LogP contribution < -0.4 is 9.80 Å². The SMILES string of the molecule is CC[C@@H](CO)N1C(=O)[C@@H]2[C@@H]3C(=O)N(c4ccccc4)CC=C[C@]3(C)O[C@@]23C=CCN(c2cc(C)ccc2C)C(=O)C13. The smallest absolute Gasteiger partial charge is 0.253 e. The first-order valence-corrected chi connectivity index (χ1v) is 14.4.